The van der Waals surface area contributed by atoms with Gasteiger partial charge >= 0.3 is 6.09 Å². The van der Waals surface area contributed by atoms with Crippen LogP contribution in [0.15, 0.2) is 33.6 Å². The minimum atomic E-state index is -3.61. The number of hydrogen-bond acceptors (Lipinski definition) is 4. The molecule has 1 aromatic carbocycles. The Balaban J connectivity index is 1.85. The second kappa shape index (κ2) is 8.19. The molecule has 0 unspecified atom stereocenters. The lowest BCUT2D eigenvalue weighted by Crippen LogP contribution is -2.51. The van der Waals surface area contributed by atoms with Gasteiger partial charge in [-0.15, -0.1) is 0 Å². The topological polar surface area (TPSA) is 66.9 Å². The highest BCUT2D eigenvalue weighted by atomic mass is 79.9. The number of piperidine rings is 1. The van der Waals surface area contributed by atoms with E-state index in [0.717, 1.165) is 10.9 Å². The van der Waals surface area contributed by atoms with E-state index in [-0.39, 0.29) is 30.0 Å². The third-order valence-corrected chi connectivity index (χ3v) is 8.20. The van der Waals surface area contributed by atoms with Gasteiger partial charge < -0.3 is 9.64 Å². The highest BCUT2D eigenvalue weighted by Crippen LogP contribution is 2.42. The van der Waals surface area contributed by atoms with Gasteiger partial charge in [-0.25, -0.2) is 13.2 Å². The van der Waals surface area contributed by atoms with Crippen LogP contribution in [0.5, 0.6) is 0 Å². The standard InChI is InChI=1S/C21H31BrN2O4S/c1-14(2)19-12-15-13-23(20(25)28-21(3,4)5)11-10-18(15)24(19)29(26,27)17-8-6-16(22)7-9-17/h6-9,14-15,18-19H,10-13H2,1-5H3/t15-,18+,19-/m1/s1. The van der Waals surface area contributed by atoms with Crippen molar-refractivity contribution in [3.8, 4) is 0 Å². The molecule has 3 atom stereocenters. The highest BCUT2D eigenvalue weighted by molar-refractivity contribution is 9.10. The zero-order valence-electron chi connectivity index (χ0n) is 17.8. The van der Waals surface area contributed by atoms with Crippen molar-refractivity contribution in [1.82, 2.24) is 9.21 Å². The first-order valence-electron chi connectivity index (χ1n) is 10.2. The molecule has 0 spiro atoms. The number of nitrogens with zero attached hydrogens (tertiary/aromatic N) is 2. The van der Waals surface area contributed by atoms with Crippen molar-refractivity contribution in [2.24, 2.45) is 11.8 Å². The Morgan fingerprint density at radius 3 is 2.38 bits per heavy atom. The number of amides is 1. The second-order valence-corrected chi connectivity index (χ2v) is 12.1. The quantitative estimate of drug-likeness (QED) is 0.630. The third-order valence-electron chi connectivity index (χ3n) is 5.70. The van der Waals surface area contributed by atoms with Gasteiger partial charge in [-0.2, -0.15) is 4.31 Å². The summed E-state index contributed by atoms with van der Waals surface area (Å²) < 4.78 is 35.2. The van der Waals surface area contributed by atoms with E-state index in [1.807, 2.05) is 20.8 Å². The lowest BCUT2D eigenvalue weighted by Gasteiger charge is -2.38. The molecule has 2 saturated heterocycles. The molecule has 3 rings (SSSR count). The van der Waals surface area contributed by atoms with Crippen LogP contribution in [0, 0.1) is 11.8 Å². The summed E-state index contributed by atoms with van der Waals surface area (Å²) in [5.41, 5.74) is -0.541. The monoisotopic (exact) mass is 486 g/mol. The Kier molecular flexibility index (Phi) is 6.37. The van der Waals surface area contributed by atoms with E-state index in [1.54, 1.807) is 33.5 Å². The number of halogens is 1. The van der Waals surface area contributed by atoms with Gasteiger partial charge in [0.15, 0.2) is 0 Å². The maximum atomic E-state index is 13.5. The Morgan fingerprint density at radius 2 is 1.83 bits per heavy atom. The third kappa shape index (κ3) is 4.80. The smallest absolute Gasteiger partial charge is 0.410 e. The lowest BCUT2D eigenvalue weighted by atomic mass is 9.91. The van der Waals surface area contributed by atoms with Crippen LogP contribution in [0.1, 0.15) is 47.5 Å². The Hall–Kier alpha value is -1.12. The fraction of sp³-hybridized carbons (Fsp3) is 0.667. The van der Waals surface area contributed by atoms with Crippen LogP contribution in [-0.2, 0) is 14.8 Å². The summed E-state index contributed by atoms with van der Waals surface area (Å²) in [6.45, 7) is 10.7. The summed E-state index contributed by atoms with van der Waals surface area (Å²) in [4.78, 5) is 14.6. The van der Waals surface area contributed by atoms with E-state index in [4.69, 9.17) is 4.74 Å². The van der Waals surface area contributed by atoms with Crippen LogP contribution in [-0.4, -0.2) is 54.5 Å². The van der Waals surface area contributed by atoms with Gasteiger partial charge in [-0.3, -0.25) is 0 Å². The molecular weight excluding hydrogens is 456 g/mol. The number of ether oxygens (including phenoxy) is 1. The van der Waals surface area contributed by atoms with Gasteiger partial charge in [0.05, 0.1) is 4.90 Å². The van der Waals surface area contributed by atoms with E-state index < -0.39 is 15.6 Å². The minimum absolute atomic E-state index is 0.0720. The van der Waals surface area contributed by atoms with E-state index >= 15 is 0 Å². The van der Waals surface area contributed by atoms with E-state index in [0.29, 0.717) is 24.4 Å². The molecule has 0 aromatic heterocycles. The molecule has 2 fully saturated rings. The Labute approximate surface area is 182 Å². The maximum absolute atomic E-state index is 13.5. The molecule has 0 aliphatic carbocycles. The van der Waals surface area contributed by atoms with Crippen molar-refractivity contribution in [3.05, 3.63) is 28.7 Å². The van der Waals surface area contributed by atoms with Crippen molar-refractivity contribution in [2.75, 3.05) is 13.1 Å². The summed E-state index contributed by atoms with van der Waals surface area (Å²) in [6.07, 6.45) is 1.08. The number of sulfonamides is 1. The highest BCUT2D eigenvalue weighted by Gasteiger charge is 2.51. The molecule has 1 amide bonds. The van der Waals surface area contributed by atoms with Gasteiger partial charge in [-0.1, -0.05) is 29.8 Å². The summed E-state index contributed by atoms with van der Waals surface area (Å²) in [5, 5.41) is 0. The first kappa shape index (κ1) is 22.6. The fourth-order valence-electron chi connectivity index (χ4n) is 4.39. The normalized spacial score (nSPS) is 25.9. The van der Waals surface area contributed by atoms with E-state index in [2.05, 4.69) is 29.8 Å². The van der Waals surface area contributed by atoms with Crippen LogP contribution < -0.4 is 0 Å². The number of fused-ring (bicyclic) bond motifs is 1. The van der Waals surface area contributed by atoms with Crippen LogP contribution >= 0.6 is 15.9 Å². The largest absolute Gasteiger partial charge is 0.444 e. The Morgan fingerprint density at radius 1 is 1.21 bits per heavy atom. The average Bonchev–Trinajstić information content (AvgIpc) is 3.00. The molecule has 29 heavy (non-hydrogen) atoms. The summed E-state index contributed by atoms with van der Waals surface area (Å²) in [6, 6.07) is 6.66. The summed E-state index contributed by atoms with van der Waals surface area (Å²) in [5.74, 6) is 0.315. The molecule has 2 aliphatic rings. The molecule has 6 nitrogen and oxygen atoms in total. The molecule has 2 aliphatic heterocycles. The molecule has 0 saturated carbocycles. The molecule has 162 valence electrons. The molecule has 0 N–H and O–H groups in total. The van der Waals surface area contributed by atoms with Gasteiger partial charge in [0, 0.05) is 29.6 Å². The number of hydrogen-bond donors (Lipinski definition) is 0. The van der Waals surface area contributed by atoms with Crippen LogP contribution in [0.3, 0.4) is 0 Å². The Bertz CT molecular complexity index is 848. The first-order chi connectivity index (χ1) is 13.4. The van der Waals surface area contributed by atoms with Gasteiger partial charge in [0.25, 0.3) is 0 Å². The molecular formula is C21H31BrN2O4S. The number of rotatable bonds is 3. The van der Waals surface area contributed by atoms with Crippen LogP contribution in [0.2, 0.25) is 0 Å². The summed E-state index contributed by atoms with van der Waals surface area (Å²) in [7, 11) is -3.61. The van der Waals surface area contributed by atoms with E-state index in [9.17, 15) is 13.2 Å². The zero-order valence-corrected chi connectivity index (χ0v) is 20.2. The van der Waals surface area contributed by atoms with Crippen molar-refractivity contribution < 1.29 is 17.9 Å². The molecule has 2 heterocycles. The van der Waals surface area contributed by atoms with Crippen LogP contribution in [0.25, 0.3) is 0 Å². The van der Waals surface area contributed by atoms with Crippen molar-refractivity contribution in [1.29, 1.82) is 0 Å². The van der Waals surface area contributed by atoms with Crippen molar-refractivity contribution in [2.45, 2.75) is 70.0 Å². The van der Waals surface area contributed by atoms with Gasteiger partial charge in [0.2, 0.25) is 10.0 Å². The van der Waals surface area contributed by atoms with Crippen molar-refractivity contribution in [3.63, 3.8) is 0 Å². The minimum Gasteiger partial charge on any atom is -0.444 e. The number of carbonyl (C=O) groups excluding carboxylic acids is 1. The van der Waals surface area contributed by atoms with Crippen molar-refractivity contribution >= 4 is 32.0 Å². The number of likely N-dealkylation sites (tertiary alicyclic amines) is 1. The molecule has 0 radical (unpaired) electrons. The van der Waals surface area contributed by atoms with Gasteiger partial charge in [0.1, 0.15) is 5.60 Å². The van der Waals surface area contributed by atoms with Crippen LogP contribution in [0.4, 0.5) is 4.79 Å². The predicted octanol–water partition coefficient (Wildman–Crippen LogP) is 4.49. The average molecular weight is 487 g/mol. The zero-order chi connectivity index (χ0) is 21.6. The first-order valence-corrected chi connectivity index (χ1v) is 12.4. The molecule has 8 heteroatoms. The fourth-order valence-corrected chi connectivity index (χ4v) is 6.70. The lowest BCUT2D eigenvalue weighted by molar-refractivity contribution is 0.0139. The predicted molar refractivity (Wildman–Crippen MR) is 116 cm³/mol. The number of benzene rings is 1. The number of carbonyl (C=O) groups is 1. The molecule has 1 aromatic rings. The summed E-state index contributed by atoms with van der Waals surface area (Å²) >= 11 is 3.37. The maximum Gasteiger partial charge on any atom is 0.410 e. The van der Waals surface area contributed by atoms with E-state index in [1.165, 1.54) is 0 Å². The van der Waals surface area contributed by atoms with Gasteiger partial charge in [-0.05, 0) is 69.7 Å². The second-order valence-electron chi connectivity index (χ2n) is 9.38. The SMILES string of the molecule is CC(C)[C@H]1C[C@@H]2CN(C(=O)OC(C)(C)C)CC[C@@H]2N1S(=O)(=O)c1ccc(Br)cc1. The molecule has 0 bridgehead atoms.